The van der Waals surface area contributed by atoms with Crippen molar-refractivity contribution in [2.75, 3.05) is 9.80 Å². The molecule has 0 atom stereocenters. The summed E-state index contributed by atoms with van der Waals surface area (Å²) in [4.78, 5) is 4.86. The second-order valence-corrected chi connectivity index (χ2v) is 21.4. The Balaban J connectivity index is 1.04. The van der Waals surface area contributed by atoms with Gasteiger partial charge in [0.1, 0.15) is 5.75 Å². The van der Waals surface area contributed by atoms with Gasteiger partial charge in [-0.1, -0.05) is 156 Å². The van der Waals surface area contributed by atoms with Crippen molar-refractivity contribution in [1.82, 2.24) is 4.57 Å². The van der Waals surface area contributed by atoms with Crippen LogP contribution in [-0.2, 0) is 10.8 Å². The third-order valence-corrected chi connectivity index (χ3v) is 16.3. The minimum atomic E-state index is -0.256. The van der Waals surface area contributed by atoms with Gasteiger partial charge in [0.15, 0.2) is 0 Å². The van der Waals surface area contributed by atoms with E-state index < -0.39 is 0 Å². The van der Waals surface area contributed by atoms with Gasteiger partial charge in [-0.25, -0.2) is 0 Å². The molecule has 364 valence electrons. The molecule has 0 saturated carbocycles. The molecule has 0 aliphatic heterocycles. The van der Waals surface area contributed by atoms with Crippen LogP contribution in [0, 0.1) is 0 Å². The zero-order chi connectivity index (χ0) is 51.2. The molecule has 0 spiro atoms. The molecule has 4 nitrogen and oxygen atoms in total. The van der Waals surface area contributed by atoms with Crippen LogP contribution in [0.4, 0.5) is 28.4 Å². The Morgan fingerprint density at radius 2 is 1.20 bits per heavy atom. The maximum Gasteiger partial charge on any atom is 0.116 e. The Labute approximate surface area is 440 Å². The summed E-state index contributed by atoms with van der Waals surface area (Å²) in [6, 6.07) is 68.7. The van der Waals surface area contributed by atoms with E-state index in [1.54, 1.807) is 0 Å². The summed E-state index contributed by atoms with van der Waals surface area (Å²) in [7, 11) is 0. The van der Waals surface area contributed by atoms with Crippen molar-refractivity contribution in [3.05, 3.63) is 265 Å². The van der Waals surface area contributed by atoms with Crippen molar-refractivity contribution in [2.24, 2.45) is 0 Å². The Morgan fingerprint density at radius 1 is 0.520 bits per heavy atom. The lowest BCUT2D eigenvalue weighted by Crippen LogP contribution is -2.19. The van der Waals surface area contributed by atoms with E-state index in [4.69, 9.17) is 0 Å². The predicted molar refractivity (Wildman–Crippen MR) is 318 cm³/mol. The Kier molecular flexibility index (Phi) is 10.8. The maximum absolute atomic E-state index is 11.2. The maximum atomic E-state index is 11.2. The number of rotatable bonds is 10. The van der Waals surface area contributed by atoms with Crippen LogP contribution in [0.15, 0.2) is 242 Å². The van der Waals surface area contributed by atoms with Crippen molar-refractivity contribution in [3.8, 4) is 33.7 Å². The van der Waals surface area contributed by atoms with E-state index in [0.717, 1.165) is 85.6 Å². The standard InChI is InChI=1S/C71H59N3O/c1-7-19-58-60-34-31-53(43-66(60)70(3,4)64(58)8-2)73(51-24-13-10-14-25-51)56-40-49(39-55(42-56)72(50-22-11-9-12-23-50)52-30-28-46-20-15-16-21-47(46)38-52)48-29-36-68-62(41-48)63-45-57(75)33-37-69(63)74(68)54-32-35-61-59-26-17-18-27-65(59)71(5,6)67(61)44-54/h7-8,10-11,13-45,75H,2,9,12H2,1,3-6H3/b19-7-. The van der Waals surface area contributed by atoms with Gasteiger partial charge in [-0.15, -0.1) is 0 Å². The molecule has 0 saturated heterocycles. The summed E-state index contributed by atoms with van der Waals surface area (Å²) >= 11 is 0. The number of aromatic hydroxyl groups is 1. The molecule has 0 unspecified atom stereocenters. The lowest BCUT2D eigenvalue weighted by atomic mass is 9.81. The molecule has 1 N–H and O–H groups in total. The van der Waals surface area contributed by atoms with Gasteiger partial charge in [0.2, 0.25) is 0 Å². The molecule has 1 aromatic heterocycles. The van der Waals surface area contributed by atoms with Crippen LogP contribution in [0.5, 0.6) is 5.75 Å². The van der Waals surface area contributed by atoms with Crippen LogP contribution in [0.1, 0.15) is 69.7 Å². The molecule has 1 heterocycles. The fourth-order valence-corrected chi connectivity index (χ4v) is 12.6. The average Bonchev–Trinajstić information content (AvgIpc) is 4.08. The van der Waals surface area contributed by atoms with Crippen LogP contribution >= 0.6 is 0 Å². The first-order valence-corrected chi connectivity index (χ1v) is 26.3. The van der Waals surface area contributed by atoms with Crippen molar-refractivity contribution >= 4 is 66.6 Å². The quantitative estimate of drug-likeness (QED) is 0.148. The van der Waals surface area contributed by atoms with Crippen LogP contribution < -0.4 is 9.80 Å². The van der Waals surface area contributed by atoms with Gasteiger partial charge in [-0.3, -0.25) is 0 Å². The van der Waals surface area contributed by atoms with Crippen molar-refractivity contribution in [3.63, 3.8) is 0 Å². The number of anilines is 5. The number of hydrogen-bond acceptors (Lipinski definition) is 3. The predicted octanol–water partition coefficient (Wildman–Crippen LogP) is 19.3. The molecule has 13 rings (SSSR count). The highest BCUT2D eigenvalue weighted by molar-refractivity contribution is 6.11. The topological polar surface area (TPSA) is 31.6 Å². The van der Waals surface area contributed by atoms with Crippen LogP contribution in [-0.4, -0.2) is 9.67 Å². The SMILES string of the molecule is C=CC1=C(/C=C\C)c2ccc(N(c3ccccc3)c3cc(-c4ccc5c(c4)c4cc(O)ccc4n5-c4ccc5c(c4)C(C)(C)c4ccccc4-5)cc(N(C4=CCCC=C4)c4ccc5ccccc5c4)c3)cc2C1(C)C. The third-order valence-electron chi connectivity index (χ3n) is 16.3. The lowest BCUT2D eigenvalue weighted by Gasteiger charge is -2.32. The van der Waals surface area contributed by atoms with Crippen LogP contribution in [0.25, 0.3) is 66.1 Å². The third kappa shape index (κ3) is 7.42. The number of phenols is 1. The van der Waals surface area contributed by atoms with Gasteiger partial charge < -0.3 is 19.5 Å². The zero-order valence-electron chi connectivity index (χ0n) is 43.3. The summed E-state index contributed by atoms with van der Waals surface area (Å²) in [5.41, 5.74) is 21.7. The minimum absolute atomic E-state index is 0.149. The molecular weight excluding hydrogens is 911 g/mol. The average molecular weight is 970 g/mol. The highest BCUT2D eigenvalue weighted by Crippen LogP contribution is 2.52. The first-order valence-electron chi connectivity index (χ1n) is 26.3. The number of fused-ring (bicyclic) bond motifs is 8. The van der Waals surface area contributed by atoms with Crippen LogP contribution in [0.3, 0.4) is 0 Å². The fraction of sp³-hybridized carbons (Fsp3) is 0.127. The first-order chi connectivity index (χ1) is 36.5. The number of aromatic nitrogens is 1. The number of allylic oxidation sites excluding steroid dienone is 8. The second-order valence-electron chi connectivity index (χ2n) is 21.4. The fourth-order valence-electron chi connectivity index (χ4n) is 12.6. The van der Waals surface area contributed by atoms with E-state index in [-0.39, 0.29) is 16.6 Å². The highest BCUT2D eigenvalue weighted by atomic mass is 16.3. The van der Waals surface area contributed by atoms with Gasteiger partial charge in [0.25, 0.3) is 0 Å². The van der Waals surface area contributed by atoms with E-state index >= 15 is 0 Å². The van der Waals surface area contributed by atoms with E-state index in [2.05, 4.69) is 262 Å². The molecule has 9 aromatic carbocycles. The number of benzene rings is 9. The largest absolute Gasteiger partial charge is 0.508 e. The molecule has 3 aliphatic rings. The molecule has 0 bridgehead atoms. The minimum Gasteiger partial charge on any atom is -0.508 e. The number of phenolic OH excluding ortho intramolecular Hbond substituents is 1. The summed E-state index contributed by atoms with van der Waals surface area (Å²) in [5, 5.41) is 15.6. The number of hydrogen-bond donors (Lipinski definition) is 1. The lowest BCUT2D eigenvalue weighted by molar-refractivity contribution is 0.476. The molecule has 0 radical (unpaired) electrons. The summed E-state index contributed by atoms with van der Waals surface area (Å²) in [6.07, 6.45) is 15.3. The van der Waals surface area contributed by atoms with E-state index in [0.29, 0.717) is 0 Å². The molecule has 0 fully saturated rings. The number of nitrogens with zero attached hydrogens (tertiary/aromatic N) is 3. The van der Waals surface area contributed by atoms with E-state index in [9.17, 15) is 5.11 Å². The molecule has 10 aromatic rings. The second kappa shape index (κ2) is 17.7. The Morgan fingerprint density at radius 3 is 1.99 bits per heavy atom. The Hall–Kier alpha value is -8.86. The van der Waals surface area contributed by atoms with Crippen molar-refractivity contribution in [2.45, 2.75) is 58.3 Å². The van der Waals surface area contributed by atoms with Crippen molar-refractivity contribution in [1.29, 1.82) is 0 Å². The summed E-state index contributed by atoms with van der Waals surface area (Å²) in [6.45, 7) is 15.7. The normalized spacial score (nSPS) is 15.1. The van der Waals surface area contributed by atoms with Gasteiger partial charge in [0.05, 0.1) is 11.0 Å². The first kappa shape index (κ1) is 46.0. The summed E-state index contributed by atoms with van der Waals surface area (Å²) < 4.78 is 2.37. The smallest absolute Gasteiger partial charge is 0.116 e. The molecule has 0 amide bonds. The number of para-hydroxylation sites is 1. The van der Waals surface area contributed by atoms with Gasteiger partial charge in [-0.2, -0.15) is 0 Å². The molecular formula is C71H59N3O. The van der Waals surface area contributed by atoms with E-state index in [1.807, 2.05) is 18.2 Å². The van der Waals surface area contributed by atoms with Gasteiger partial charge in [-0.05, 0) is 189 Å². The molecule has 3 aliphatic carbocycles. The monoisotopic (exact) mass is 969 g/mol. The summed E-state index contributed by atoms with van der Waals surface area (Å²) in [5.74, 6) is 0.242. The van der Waals surface area contributed by atoms with Gasteiger partial charge >= 0.3 is 0 Å². The van der Waals surface area contributed by atoms with Gasteiger partial charge in [0, 0.05) is 61.4 Å². The molecule has 4 heteroatoms. The highest BCUT2D eigenvalue weighted by Gasteiger charge is 2.37. The Bertz CT molecular complexity index is 4120. The van der Waals surface area contributed by atoms with Crippen LogP contribution in [0.2, 0.25) is 0 Å². The van der Waals surface area contributed by atoms with Crippen molar-refractivity contribution < 1.29 is 5.11 Å². The molecule has 75 heavy (non-hydrogen) atoms. The van der Waals surface area contributed by atoms with E-state index in [1.165, 1.54) is 55.3 Å². The zero-order valence-corrected chi connectivity index (χ0v) is 43.3.